The molecule has 1 aromatic heterocycles. The number of thiazole rings is 1. The summed E-state index contributed by atoms with van der Waals surface area (Å²) >= 11 is 7.45. The molecule has 1 aromatic carbocycles. The minimum atomic E-state index is 0.179. The molecule has 0 saturated heterocycles. The van der Waals surface area contributed by atoms with E-state index >= 15 is 0 Å². The van der Waals surface area contributed by atoms with Crippen LogP contribution in [0.1, 0.15) is 31.3 Å². The lowest BCUT2D eigenvalue weighted by atomic mass is 9.87. The standard InChI is InChI=1S/C12H14ClNS/c1-12(2,3)8-4-5-10-9(6-8)14-11(7-13)15-10/h4-6H,7H2,1-3H3. The first-order valence-corrected chi connectivity index (χ1v) is 6.32. The first-order chi connectivity index (χ1) is 7.00. The van der Waals surface area contributed by atoms with Crippen LogP contribution < -0.4 is 0 Å². The summed E-state index contributed by atoms with van der Waals surface area (Å²) in [6, 6.07) is 6.49. The molecular formula is C12H14ClNS. The van der Waals surface area contributed by atoms with Gasteiger partial charge in [0, 0.05) is 0 Å². The molecule has 0 aliphatic heterocycles. The van der Waals surface area contributed by atoms with Gasteiger partial charge in [0.2, 0.25) is 0 Å². The minimum Gasteiger partial charge on any atom is -0.240 e. The van der Waals surface area contributed by atoms with Crippen molar-refractivity contribution < 1.29 is 0 Å². The topological polar surface area (TPSA) is 12.9 Å². The Morgan fingerprint density at radius 1 is 1.33 bits per heavy atom. The summed E-state index contributed by atoms with van der Waals surface area (Å²) in [5.41, 5.74) is 2.57. The lowest BCUT2D eigenvalue weighted by Gasteiger charge is -2.18. The Balaban J connectivity index is 2.55. The molecule has 0 aliphatic carbocycles. The van der Waals surface area contributed by atoms with Gasteiger partial charge in [0.25, 0.3) is 0 Å². The third-order valence-electron chi connectivity index (χ3n) is 2.41. The number of hydrogen-bond donors (Lipinski definition) is 0. The van der Waals surface area contributed by atoms with Crippen LogP contribution in [0.25, 0.3) is 10.2 Å². The van der Waals surface area contributed by atoms with Gasteiger partial charge in [-0.3, -0.25) is 0 Å². The van der Waals surface area contributed by atoms with Crippen molar-refractivity contribution in [1.82, 2.24) is 4.98 Å². The van der Waals surface area contributed by atoms with E-state index in [-0.39, 0.29) is 5.41 Å². The highest BCUT2D eigenvalue weighted by Crippen LogP contribution is 2.29. The fourth-order valence-electron chi connectivity index (χ4n) is 1.50. The number of aromatic nitrogens is 1. The summed E-state index contributed by atoms with van der Waals surface area (Å²) in [5.74, 6) is 0.504. The Hall–Kier alpha value is -0.600. The second-order valence-electron chi connectivity index (χ2n) is 4.67. The van der Waals surface area contributed by atoms with Crippen LogP contribution in [0.3, 0.4) is 0 Å². The predicted octanol–water partition coefficient (Wildman–Crippen LogP) is 4.33. The van der Waals surface area contributed by atoms with Crippen molar-refractivity contribution in [2.45, 2.75) is 32.1 Å². The SMILES string of the molecule is CC(C)(C)c1ccc2sc(CCl)nc2c1. The molecule has 3 heteroatoms. The molecule has 0 bridgehead atoms. The second-order valence-corrected chi connectivity index (χ2v) is 6.06. The molecule has 0 spiro atoms. The monoisotopic (exact) mass is 239 g/mol. The maximum Gasteiger partial charge on any atom is 0.109 e. The lowest BCUT2D eigenvalue weighted by Crippen LogP contribution is -2.10. The number of hydrogen-bond acceptors (Lipinski definition) is 2. The van der Waals surface area contributed by atoms with Gasteiger partial charge in [-0.2, -0.15) is 0 Å². The largest absolute Gasteiger partial charge is 0.240 e. The van der Waals surface area contributed by atoms with Crippen LogP contribution in [0.15, 0.2) is 18.2 Å². The second kappa shape index (κ2) is 3.76. The van der Waals surface area contributed by atoms with Crippen molar-refractivity contribution >= 4 is 33.2 Å². The summed E-state index contributed by atoms with van der Waals surface area (Å²) in [5, 5.41) is 0.998. The molecular weight excluding hydrogens is 226 g/mol. The molecule has 1 nitrogen and oxygen atoms in total. The fourth-order valence-corrected chi connectivity index (χ4v) is 2.52. The van der Waals surface area contributed by atoms with Crippen molar-refractivity contribution in [2.75, 3.05) is 0 Å². The van der Waals surface area contributed by atoms with Gasteiger partial charge in [-0.25, -0.2) is 4.98 Å². The number of nitrogens with zero attached hydrogens (tertiary/aromatic N) is 1. The molecule has 0 N–H and O–H groups in total. The van der Waals surface area contributed by atoms with E-state index in [4.69, 9.17) is 11.6 Å². The van der Waals surface area contributed by atoms with E-state index < -0.39 is 0 Å². The Kier molecular flexibility index (Phi) is 2.73. The molecule has 0 atom stereocenters. The number of halogens is 1. The van der Waals surface area contributed by atoms with Gasteiger partial charge in [0.05, 0.1) is 16.1 Å². The normalized spacial score (nSPS) is 12.3. The highest BCUT2D eigenvalue weighted by atomic mass is 35.5. The molecule has 0 saturated carbocycles. The predicted molar refractivity (Wildman–Crippen MR) is 67.9 cm³/mol. The quantitative estimate of drug-likeness (QED) is 0.675. The highest BCUT2D eigenvalue weighted by molar-refractivity contribution is 7.18. The minimum absolute atomic E-state index is 0.179. The summed E-state index contributed by atoms with van der Waals surface area (Å²) in [4.78, 5) is 4.49. The van der Waals surface area contributed by atoms with Crippen molar-refractivity contribution in [3.8, 4) is 0 Å². The Morgan fingerprint density at radius 2 is 2.07 bits per heavy atom. The Labute approximate surface area is 99.1 Å². The van der Waals surface area contributed by atoms with Crippen LogP contribution in [0.2, 0.25) is 0 Å². The van der Waals surface area contributed by atoms with Crippen molar-refractivity contribution in [2.24, 2.45) is 0 Å². The smallest absolute Gasteiger partial charge is 0.109 e. The summed E-state index contributed by atoms with van der Waals surface area (Å²) in [6.07, 6.45) is 0. The van der Waals surface area contributed by atoms with E-state index in [0.29, 0.717) is 5.88 Å². The maximum atomic E-state index is 5.78. The zero-order valence-corrected chi connectivity index (χ0v) is 10.7. The van der Waals surface area contributed by atoms with E-state index in [9.17, 15) is 0 Å². The van der Waals surface area contributed by atoms with E-state index in [2.05, 4.69) is 44.0 Å². The van der Waals surface area contributed by atoms with Gasteiger partial charge >= 0.3 is 0 Å². The molecule has 2 rings (SSSR count). The highest BCUT2D eigenvalue weighted by Gasteiger charge is 2.14. The molecule has 2 aromatic rings. The van der Waals surface area contributed by atoms with Crippen molar-refractivity contribution in [3.05, 3.63) is 28.8 Å². The van der Waals surface area contributed by atoms with E-state index in [0.717, 1.165) is 10.5 Å². The number of alkyl halides is 1. The van der Waals surface area contributed by atoms with Crippen LogP contribution in [-0.2, 0) is 11.3 Å². The fraction of sp³-hybridized carbons (Fsp3) is 0.417. The van der Waals surface area contributed by atoms with Gasteiger partial charge in [0.15, 0.2) is 0 Å². The van der Waals surface area contributed by atoms with Crippen LogP contribution in [0.4, 0.5) is 0 Å². The van der Waals surface area contributed by atoms with Crippen molar-refractivity contribution in [3.63, 3.8) is 0 Å². The third kappa shape index (κ3) is 2.16. The number of fused-ring (bicyclic) bond motifs is 1. The molecule has 1 heterocycles. The number of benzene rings is 1. The van der Waals surface area contributed by atoms with Crippen molar-refractivity contribution in [1.29, 1.82) is 0 Å². The van der Waals surface area contributed by atoms with Gasteiger partial charge in [-0.1, -0.05) is 26.8 Å². The first-order valence-electron chi connectivity index (χ1n) is 4.96. The molecule has 0 fully saturated rings. The van der Waals surface area contributed by atoms with E-state index in [1.54, 1.807) is 11.3 Å². The van der Waals surface area contributed by atoms with Gasteiger partial charge in [0.1, 0.15) is 5.01 Å². The Morgan fingerprint density at radius 3 is 2.67 bits per heavy atom. The number of rotatable bonds is 1. The first kappa shape index (κ1) is 10.9. The molecule has 0 radical (unpaired) electrons. The molecule has 0 unspecified atom stereocenters. The van der Waals surface area contributed by atoms with E-state index in [1.165, 1.54) is 10.3 Å². The van der Waals surface area contributed by atoms with Gasteiger partial charge < -0.3 is 0 Å². The molecule has 80 valence electrons. The zero-order chi connectivity index (χ0) is 11.1. The summed E-state index contributed by atoms with van der Waals surface area (Å²) in [7, 11) is 0. The average Bonchev–Trinajstić information content (AvgIpc) is 2.57. The maximum absolute atomic E-state index is 5.78. The van der Waals surface area contributed by atoms with E-state index in [1.807, 2.05) is 0 Å². The van der Waals surface area contributed by atoms with Gasteiger partial charge in [-0.15, -0.1) is 22.9 Å². The summed E-state index contributed by atoms with van der Waals surface area (Å²) in [6.45, 7) is 6.63. The van der Waals surface area contributed by atoms with Crippen LogP contribution in [-0.4, -0.2) is 4.98 Å². The van der Waals surface area contributed by atoms with Crippen LogP contribution >= 0.6 is 22.9 Å². The zero-order valence-electron chi connectivity index (χ0n) is 9.17. The average molecular weight is 240 g/mol. The van der Waals surface area contributed by atoms with Gasteiger partial charge in [-0.05, 0) is 23.1 Å². The van der Waals surface area contributed by atoms with Crippen LogP contribution in [0, 0.1) is 0 Å². The summed E-state index contributed by atoms with van der Waals surface area (Å²) < 4.78 is 1.22. The molecule has 0 amide bonds. The van der Waals surface area contributed by atoms with Crippen LogP contribution in [0.5, 0.6) is 0 Å². The Bertz CT molecular complexity index is 482. The molecule has 15 heavy (non-hydrogen) atoms. The molecule has 0 aliphatic rings. The third-order valence-corrected chi connectivity index (χ3v) is 3.86. The lowest BCUT2D eigenvalue weighted by molar-refractivity contribution is 0.591.